The van der Waals surface area contributed by atoms with Gasteiger partial charge in [-0.25, -0.2) is 4.68 Å². The molecule has 2 heterocycles. The summed E-state index contributed by atoms with van der Waals surface area (Å²) in [5, 5.41) is 18.4. The van der Waals surface area contributed by atoms with E-state index in [9.17, 15) is 0 Å². The Kier molecular flexibility index (Phi) is 2.99. The fourth-order valence-electron chi connectivity index (χ4n) is 1.74. The number of rotatable bonds is 4. The predicted octanol–water partition coefficient (Wildman–Crippen LogP) is 0.832. The van der Waals surface area contributed by atoms with Crippen LogP contribution in [0.2, 0.25) is 0 Å². The first-order valence-corrected chi connectivity index (χ1v) is 6.48. The quantitative estimate of drug-likeness (QED) is 0.751. The van der Waals surface area contributed by atoms with Gasteiger partial charge in [0.25, 0.3) is 0 Å². The van der Waals surface area contributed by atoms with Gasteiger partial charge >= 0.3 is 0 Å². The molecule has 18 heavy (non-hydrogen) atoms. The molecule has 0 fully saturated rings. The highest BCUT2D eigenvalue weighted by atomic mass is 32.1. The first-order valence-electron chi connectivity index (χ1n) is 5.66. The van der Waals surface area contributed by atoms with E-state index in [0.717, 1.165) is 27.5 Å². The van der Waals surface area contributed by atoms with Crippen LogP contribution in [0.4, 0.5) is 0 Å². The van der Waals surface area contributed by atoms with Crippen LogP contribution >= 0.6 is 11.3 Å². The molecule has 3 rings (SSSR count). The molecule has 92 valence electrons. The molecular formula is C11H12N6S. The lowest BCUT2D eigenvalue weighted by Crippen LogP contribution is -2.01. The lowest BCUT2D eigenvalue weighted by molar-refractivity contribution is 0.661. The summed E-state index contributed by atoms with van der Waals surface area (Å²) >= 11 is 1.57. The lowest BCUT2D eigenvalue weighted by atomic mass is 10.3. The van der Waals surface area contributed by atoms with Crippen molar-refractivity contribution in [3.8, 4) is 0 Å². The number of para-hydroxylation sites is 1. The summed E-state index contributed by atoms with van der Waals surface area (Å²) < 4.78 is 1.84. The van der Waals surface area contributed by atoms with Gasteiger partial charge in [-0.2, -0.15) is 0 Å². The van der Waals surface area contributed by atoms with E-state index in [1.54, 1.807) is 11.3 Å². The van der Waals surface area contributed by atoms with Crippen LogP contribution in [0.3, 0.4) is 0 Å². The molecular weight excluding hydrogens is 248 g/mol. The number of nitrogens with zero attached hydrogens (tertiary/aromatic N) is 5. The Morgan fingerprint density at radius 3 is 2.83 bits per heavy atom. The minimum absolute atomic E-state index is 0.598. The van der Waals surface area contributed by atoms with E-state index >= 15 is 0 Å². The SMILES string of the molecule is NCCc1nnc(Cn2nnc3ccccc32)s1. The van der Waals surface area contributed by atoms with Gasteiger partial charge < -0.3 is 5.73 Å². The second-order valence-electron chi connectivity index (χ2n) is 3.86. The second kappa shape index (κ2) is 4.79. The van der Waals surface area contributed by atoms with E-state index in [1.807, 2.05) is 28.9 Å². The maximum absolute atomic E-state index is 5.49. The molecule has 7 heteroatoms. The minimum Gasteiger partial charge on any atom is -0.330 e. The van der Waals surface area contributed by atoms with E-state index in [2.05, 4.69) is 20.5 Å². The summed E-state index contributed by atoms with van der Waals surface area (Å²) in [5.74, 6) is 0. The minimum atomic E-state index is 0.598. The summed E-state index contributed by atoms with van der Waals surface area (Å²) in [4.78, 5) is 0. The molecule has 0 saturated carbocycles. The maximum atomic E-state index is 5.49. The molecule has 0 aliphatic carbocycles. The van der Waals surface area contributed by atoms with E-state index in [0.29, 0.717) is 13.1 Å². The van der Waals surface area contributed by atoms with E-state index in [-0.39, 0.29) is 0 Å². The fraction of sp³-hybridized carbons (Fsp3) is 0.273. The Morgan fingerprint density at radius 1 is 1.11 bits per heavy atom. The Labute approximate surface area is 107 Å². The fourth-order valence-corrected chi connectivity index (χ4v) is 2.58. The Balaban J connectivity index is 1.87. The number of hydrogen-bond acceptors (Lipinski definition) is 6. The topological polar surface area (TPSA) is 82.5 Å². The number of aromatic nitrogens is 5. The Bertz CT molecular complexity index is 658. The summed E-state index contributed by atoms with van der Waals surface area (Å²) in [6.07, 6.45) is 0.774. The predicted molar refractivity (Wildman–Crippen MR) is 69.3 cm³/mol. The second-order valence-corrected chi connectivity index (χ2v) is 5.01. The average Bonchev–Trinajstić information content (AvgIpc) is 2.99. The van der Waals surface area contributed by atoms with Crippen LogP contribution in [0.15, 0.2) is 24.3 Å². The van der Waals surface area contributed by atoms with Gasteiger partial charge in [-0.1, -0.05) is 28.7 Å². The zero-order valence-electron chi connectivity index (χ0n) is 9.65. The van der Waals surface area contributed by atoms with E-state index in [4.69, 9.17) is 5.73 Å². The molecule has 3 aromatic rings. The number of fused-ring (bicyclic) bond motifs is 1. The molecule has 2 N–H and O–H groups in total. The molecule has 0 radical (unpaired) electrons. The van der Waals surface area contributed by atoms with Gasteiger partial charge in [-0.05, 0) is 18.7 Å². The molecule has 0 amide bonds. The van der Waals surface area contributed by atoms with Crippen molar-refractivity contribution in [1.82, 2.24) is 25.2 Å². The molecule has 1 aromatic carbocycles. The van der Waals surface area contributed by atoms with Gasteiger partial charge in [0, 0.05) is 6.42 Å². The molecule has 0 saturated heterocycles. The van der Waals surface area contributed by atoms with Crippen LogP contribution < -0.4 is 5.73 Å². The van der Waals surface area contributed by atoms with Crippen LogP contribution in [0.5, 0.6) is 0 Å². The van der Waals surface area contributed by atoms with Crippen LogP contribution in [-0.2, 0) is 13.0 Å². The molecule has 6 nitrogen and oxygen atoms in total. The highest BCUT2D eigenvalue weighted by Crippen LogP contribution is 2.15. The van der Waals surface area contributed by atoms with Crippen LogP contribution in [0.1, 0.15) is 10.0 Å². The molecule has 0 aliphatic rings. The zero-order chi connectivity index (χ0) is 12.4. The largest absolute Gasteiger partial charge is 0.330 e. The van der Waals surface area contributed by atoms with Gasteiger partial charge in [-0.3, -0.25) is 0 Å². The molecule has 0 bridgehead atoms. The summed E-state index contributed by atoms with van der Waals surface area (Å²) in [5.41, 5.74) is 7.39. The van der Waals surface area contributed by atoms with Crippen molar-refractivity contribution in [3.63, 3.8) is 0 Å². The van der Waals surface area contributed by atoms with Gasteiger partial charge in [0.15, 0.2) is 0 Å². The number of hydrogen-bond donors (Lipinski definition) is 1. The van der Waals surface area contributed by atoms with Crippen molar-refractivity contribution in [1.29, 1.82) is 0 Å². The van der Waals surface area contributed by atoms with Crippen molar-refractivity contribution >= 4 is 22.4 Å². The average molecular weight is 260 g/mol. The first-order chi connectivity index (χ1) is 8.86. The van der Waals surface area contributed by atoms with Gasteiger partial charge in [-0.15, -0.1) is 15.3 Å². The van der Waals surface area contributed by atoms with Crippen molar-refractivity contribution in [2.45, 2.75) is 13.0 Å². The van der Waals surface area contributed by atoms with Gasteiger partial charge in [0.05, 0.1) is 12.1 Å². The zero-order valence-corrected chi connectivity index (χ0v) is 10.5. The molecule has 0 spiro atoms. The Morgan fingerprint density at radius 2 is 1.94 bits per heavy atom. The molecule has 0 aliphatic heterocycles. The summed E-state index contributed by atoms with van der Waals surface area (Å²) in [7, 11) is 0. The Hall–Kier alpha value is -1.86. The highest BCUT2D eigenvalue weighted by molar-refractivity contribution is 7.11. The third kappa shape index (κ3) is 2.09. The van der Waals surface area contributed by atoms with E-state index in [1.165, 1.54) is 0 Å². The van der Waals surface area contributed by atoms with Gasteiger partial charge in [0.2, 0.25) is 0 Å². The van der Waals surface area contributed by atoms with Crippen LogP contribution in [0, 0.1) is 0 Å². The number of nitrogens with two attached hydrogens (primary N) is 1. The molecule has 0 unspecified atom stereocenters. The number of benzene rings is 1. The van der Waals surface area contributed by atoms with Crippen molar-refractivity contribution in [3.05, 3.63) is 34.3 Å². The monoisotopic (exact) mass is 260 g/mol. The highest BCUT2D eigenvalue weighted by Gasteiger charge is 2.08. The van der Waals surface area contributed by atoms with Crippen molar-refractivity contribution in [2.75, 3.05) is 6.54 Å². The first kappa shape index (κ1) is 11.2. The third-order valence-electron chi connectivity index (χ3n) is 2.57. The van der Waals surface area contributed by atoms with Crippen LogP contribution in [-0.4, -0.2) is 31.7 Å². The summed E-state index contributed by atoms with van der Waals surface area (Å²) in [6.45, 7) is 1.20. The van der Waals surface area contributed by atoms with Crippen LogP contribution in [0.25, 0.3) is 11.0 Å². The standard InChI is InChI=1S/C11H12N6S/c12-6-5-10-14-15-11(18-10)7-17-9-4-2-1-3-8(9)13-16-17/h1-4H,5-7,12H2. The van der Waals surface area contributed by atoms with Crippen molar-refractivity contribution < 1.29 is 0 Å². The lowest BCUT2D eigenvalue weighted by Gasteiger charge is -1.97. The van der Waals surface area contributed by atoms with Gasteiger partial charge in [0.1, 0.15) is 15.5 Å². The molecule has 0 atom stereocenters. The third-order valence-corrected chi connectivity index (χ3v) is 3.54. The van der Waals surface area contributed by atoms with Crippen molar-refractivity contribution in [2.24, 2.45) is 5.73 Å². The maximum Gasteiger partial charge on any atom is 0.139 e. The smallest absolute Gasteiger partial charge is 0.139 e. The van der Waals surface area contributed by atoms with E-state index < -0.39 is 0 Å². The molecule has 2 aromatic heterocycles. The normalized spacial score (nSPS) is 11.2. The summed E-state index contributed by atoms with van der Waals surface area (Å²) in [6, 6.07) is 7.86.